The number of thiazole rings is 1. The van der Waals surface area contributed by atoms with E-state index in [1.54, 1.807) is 11.3 Å². The van der Waals surface area contributed by atoms with Crippen LogP contribution in [0.4, 0.5) is 0 Å². The van der Waals surface area contributed by atoms with E-state index in [0.717, 1.165) is 11.6 Å². The van der Waals surface area contributed by atoms with E-state index in [1.165, 1.54) is 16.1 Å². The molecule has 2 nitrogen and oxygen atoms in total. The molecule has 90 valence electrons. The van der Waals surface area contributed by atoms with Crippen molar-refractivity contribution in [2.45, 2.75) is 33.4 Å². The Kier molecular flexibility index (Phi) is 3.92. The van der Waals surface area contributed by atoms with Gasteiger partial charge in [-0.1, -0.05) is 30.3 Å². The lowest BCUT2D eigenvalue weighted by Crippen LogP contribution is -2.19. The van der Waals surface area contributed by atoms with Gasteiger partial charge in [0.1, 0.15) is 0 Å². The second-order valence-corrected chi connectivity index (χ2v) is 5.67. The molecule has 0 saturated heterocycles. The third-order valence-corrected chi connectivity index (χ3v) is 3.71. The number of aromatic nitrogens is 1. The number of nitrogens with one attached hydrogen (secondary N) is 1. The van der Waals surface area contributed by atoms with Gasteiger partial charge >= 0.3 is 0 Å². The Bertz CT molecular complexity index is 476. The third kappa shape index (κ3) is 3.14. The topological polar surface area (TPSA) is 24.9 Å². The molecule has 2 rings (SSSR count). The van der Waals surface area contributed by atoms with Gasteiger partial charge in [-0.05, 0) is 26.3 Å². The van der Waals surface area contributed by atoms with E-state index in [9.17, 15) is 0 Å². The molecule has 0 bridgehead atoms. The lowest BCUT2D eigenvalue weighted by Gasteiger charge is -2.12. The molecule has 0 saturated carbocycles. The van der Waals surface area contributed by atoms with Gasteiger partial charge in [0.05, 0.1) is 10.7 Å². The molecule has 1 N–H and O–H groups in total. The second-order valence-electron chi connectivity index (χ2n) is 4.26. The molecule has 0 aliphatic heterocycles. The average molecular weight is 246 g/mol. The fourth-order valence-corrected chi connectivity index (χ4v) is 2.82. The lowest BCUT2D eigenvalue weighted by atomic mass is 10.2. The standard InChI is InChI=1S/C14H18N2S/c1-10(14-11(2)17-12(3)16-14)15-9-13-7-5-4-6-8-13/h4-8,10,15H,9H2,1-3H3. The highest BCUT2D eigenvalue weighted by molar-refractivity contribution is 7.11. The van der Waals surface area contributed by atoms with Crippen LogP contribution in [0.25, 0.3) is 0 Å². The monoisotopic (exact) mass is 246 g/mol. The first-order valence-corrected chi connectivity index (χ1v) is 6.69. The van der Waals surface area contributed by atoms with Crippen molar-refractivity contribution in [2.75, 3.05) is 0 Å². The molecule has 2 aromatic rings. The van der Waals surface area contributed by atoms with Gasteiger partial charge in [-0.2, -0.15) is 0 Å². The third-order valence-electron chi connectivity index (χ3n) is 2.80. The molecule has 1 aromatic heterocycles. The molecule has 1 unspecified atom stereocenters. The summed E-state index contributed by atoms with van der Waals surface area (Å²) in [5.74, 6) is 0. The highest BCUT2D eigenvalue weighted by atomic mass is 32.1. The molecule has 3 heteroatoms. The van der Waals surface area contributed by atoms with Crippen LogP contribution in [0.5, 0.6) is 0 Å². The smallest absolute Gasteiger partial charge is 0.0900 e. The first-order chi connectivity index (χ1) is 8.16. The largest absolute Gasteiger partial charge is 0.305 e. The molecule has 0 fully saturated rings. The van der Waals surface area contributed by atoms with Crippen LogP contribution in [-0.2, 0) is 6.54 Å². The zero-order chi connectivity index (χ0) is 12.3. The van der Waals surface area contributed by atoms with Crippen molar-refractivity contribution in [1.29, 1.82) is 0 Å². The van der Waals surface area contributed by atoms with Crippen LogP contribution in [0.1, 0.15) is 34.1 Å². The Morgan fingerprint density at radius 2 is 1.94 bits per heavy atom. The number of hydrogen-bond donors (Lipinski definition) is 1. The Morgan fingerprint density at radius 3 is 2.53 bits per heavy atom. The van der Waals surface area contributed by atoms with Crippen LogP contribution in [0.2, 0.25) is 0 Å². The van der Waals surface area contributed by atoms with Crippen molar-refractivity contribution < 1.29 is 0 Å². The molecule has 0 radical (unpaired) electrons. The number of benzene rings is 1. The summed E-state index contributed by atoms with van der Waals surface area (Å²) >= 11 is 1.77. The Hall–Kier alpha value is -1.19. The van der Waals surface area contributed by atoms with E-state index in [2.05, 4.69) is 55.3 Å². The van der Waals surface area contributed by atoms with Gasteiger partial charge in [0, 0.05) is 17.5 Å². The van der Waals surface area contributed by atoms with Crippen molar-refractivity contribution in [3.05, 3.63) is 51.5 Å². The molecule has 0 amide bonds. The van der Waals surface area contributed by atoms with Crippen molar-refractivity contribution in [3.63, 3.8) is 0 Å². The zero-order valence-corrected chi connectivity index (χ0v) is 11.3. The highest BCUT2D eigenvalue weighted by Gasteiger charge is 2.12. The molecular formula is C14H18N2S. The van der Waals surface area contributed by atoms with Gasteiger partial charge in [0.2, 0.25) is 0 Å². The van der Waals surface area contributed by atoms with Crippen molar-refractivity contribution in [3.8, 4) is 0 Å². The minimum atomic E-state index is 0.306. The number of rotatable bonds is 4. The van der Waals surface area contributed by atoms with Gasteiger partial charge < -0.3 is 5.32 Å². The maximum Gasteiger partial charge on any atom is 0.0900 e. The molecule has 0 aliphatic rings. The predicted octanol–water partition coefficient (Wildman–Crippen LogP) is 3.61. The van der Waals surface area contributed by atoms with Crippen molar-refractivity contribution in [1.82, 2.24) is 10.3 Å². The average Bonchev–Trinajstić information content (AvgIpc) is 2.67. The SMILES string of the molecule is Cc1nc(C(C)NCc2ccccc2)c(C)s1. The van der Waals surface area contributed by atoms with Gasteiger partial charge in [-0.15, -0.1) is 11.3 Å². The predicted molar refractivity (Wildman–Crippen MR) is 73.3 cm³/mol. The van der Waals surface area contributed by atoms with Crippen LogP contribution in [0, 0.1) is 13.8 Å². The van der Waals surface area contributed by atoms with E-state index in [0.29, 0.717) is 6.04 Å². The Balaban J connectivity index is 1.98. The fraction of sp³-hybridized carbons (Fsp3) is 0.357. The minimum Gasteiger partial charge on any atom is -0.305 e. The van der Waals surface area contributed by atoms with Crippen LogP contribution in [0.15, 0.2) is 30.3 Å². The van der Waals surface area contributed by atoms with E-state index < -0.39 is 0 Å². The Morgan fingerprint density at radius 1 is 1.24 bits per heavy atom. The molecule has 17 heavy (non-hydrogen) atoms. The summed E-state index contributed by atoms with van der Waals surface area (Å²) in [6.45, 7) is 7.26. The van der Waals surface area contributed by atoms with Crippen molar-refractivity contribution >= 4 is 11.3 Å². The minimum absolute atomic E-state index is 0.306. The molecule has 0 aliphatic carbocycles. The first kappa shape index (κ1) is 12.3. The maximum atomic E-state index is 4.58. The normalized spacial score (nSPS) is 12.6. The summed E-state index contributed by atoms with van der Waals surface area (Å²) in [5.41, 5.74) is 2.49. The number of hydrogen-bond acceptors (Lipinski definition) is 3. The quantitative estimate of drug-likeness (QED) is 0.891. The summed E-state index contributed by atoms with van der Waals surface area (Å²) in [4.78, 5) is 5.89. The second kappa shape index (κ2) is 5.43. The van der Waals surface area contributed by atoms with Crippen LogP contribution in [-0.4, -0.2) is 4.98 Å². The molecule has 1 aromatic carbocycles. The van der Waals surface area contributed by atoms with Gasteiger partial charge in [-0.3, -0.25) is 0 Å². The van der Waals surface area contributed by atoms with Gasteiger partial charge in [-0.25, -0.2) is 4.98 Å². The zero-order valence-electron chi connectivity index (χ0n) is 10.5. The highest BCUT2D eigenvalue weighted by Crippen LogP contribution is 2.22. The van der Waals surface area contributed by atoms with Crippen molar-refractivity contribution in [2.24, 2.45) is 0 Å². The van der Waals surface area contributed by atoms with E-state index in [4.69, 9.17) is 0 Å². The summed E-state index contributed by atoms with van der Waals surface area (Å²) < 4.78 is 0. The summed E-state index contributed by atoms with van der Waals surface area (Å²) in [6, 6.07) is 10.8. The molecule has 1 heterocycles. The molecule has 0 spiro atoms. The first-order valence-electron chi connectivity index (χ1n) is 5.88. The summed E-state index contributed by atoms with van der Waals surface area (Å²) in [7, 11) is 0. The maximum absolute atomic E-state index is 4.58. The van der Waals surface area contributed by atoms with E-state index in [1.807, 2.05) is 6.07 Å². The van der Waals surface area contributed by atoms with Gasteiger partial charge in [0.15, 0.2) is 0 Å². The van der Waals surface area contributed by atoms with E-state index in [-0.39, 0.29) is 0 Å². The van der Waals surface area contributed by atoms with Crippen LogP contribution < -0.4 is 5.32 Å². The molecule has 1 atom stereocenters. The van der Waals surface area contributed by atoms with Crippen LogP contribution in [0.3, 0.4) is 0 Å². The molecular weight excluding hydrogens is 228 g/mol. The van der Waals surface area contributed by atoms with Gasteiger partial charge in [0.25, 0.3) is 0 Å². The number of nitrogens with zero attached hydrogens (tertiary/aromatic N) is 1. The lowest BCUT2D eigenvalue weighted by molar-refractivity contribution is 0.561. The Labute approximate surface area is 107 Å². The van der Waals surface area contributed by atoms with Crippen LogP contribution >= 0.6 is 11.3 Å². The summed E-state index contributed by atoms with van der Waals surface area (Å²) in [5, 5.41) is 4.66. The fourth-order valence-electron chi connectivity index (χ4n) is 1.91. The number of aryl methyl sites for hydroxylation is 2. The summed E-state index contributed by atoms with van der Waals surface area (Å²) in [6.07, 6.45) is 0. The van der Waals surface area contributed by atoms with E-state index >= 15 is 0 Å².